The van der Waals surface area contributed by atoms with E-state index in [9.17, 15) is 0 Å². The molecule has 0 unspecified atom stereocenters. The topological polar surface area (TPSA) is 32.3 Å². The van der Waals surface area contributed by atoms with Crippen molar-refractivity contribution in [3.05, 3.63) is 0 Å². The van der Waals surface area contributed by atoms with Gasteiger partial charge in [-0.3, -0.25) is 0 Å². The molecule has 2 heteroatoms. The van der Waals surface area contributed by atoms with E-state index in [2.05, 4.69) is 33.0 Å². The van der Waals surface area contributed by atoms with Crippen LogP contribution in [0, 0.1) is 11.8 Å². The van der Waals surface area contributed by atoms with Crippen LogP contribution in [0.3, 0.4) is 0 Å². The number of hydrogen-bond acceptors (Lipinski definition) is 2. The Bertz CT molecular complexity index is 147. The second-order valence-electron chi connectivity index (χ2n) is 6.05. The summed E-state index contributed by atoms with van der Waals surface area (Å²) < 4.78 is 0. The molecule has 0 amide bonds. The third-order valence-electron chi connectivity index (χ3n) is 3.03. The first-order valence-electron chi connectivity index (χ1n) is 7.40. The van der Waals surface area contributed by atoms with Crippen LogP contribution in [0.2, 0.25) is 0 Å². The fourth-order valence-corrected chi connectivity index (χ4v) is 2.30. The van der Waals surface area contributed by atoms with E-state index >= 15 is 0 Å². The molecule has 0 atom stereocenters. The van der Waals surface area contributed by atoms with Crippen molar-refractivity contribution in [1.29, 1.82) is 0 Å². The van der Waals surface area contributed by atoms with E-state index < -0.39 is 0 Å². The van der Waals surface area contributed by atoms with Crippen LogP contribution >= 0.6 is 0 Å². The fourth-order valence-electron chi connectivity index (χ4n) is 2.30. The van der Waals surface area contributed by atoms with Crippen LogP contribution in [0.5, 0.6) is 0 Å². The molecular formula is C15H33NO. The molecule has 0 fully saturated rings. The van der Waals surface area contributed by atoms with E-state index in [1.807, 2.05) is 0 Å². The molecule has 17 heavy (non-hydrogen) atoms. The highest BCUT2D eigenvalue weighted by molar-refractivity contribution is 4.70. The van der Waals surface area contributed by atoms with Gasteiger partial charge in [-0.15, -0.1) is 0 Å². The average molecular weight is 243 g/mol. The maximum atomic E-state index is 8.69. The first-order chi connectivity index (χ1) is 8.06. The van der Waals surface area contributed by atoms with E-state index in [0.29, 0.717) is 12.6 Å². The quantitative estimate of drug-likeness (QED) is 0.544. The molecule has 0 spiro atoms. The van der Waals surface area contributed by atoms with Gasteiger partial charge in [0.25, 0.3) is 0 Å². The second kappa shape index (κ2) is 11.0. The fraction of sp³-hybridized carbons (Fsp3) is 1.00. The van der Waals surface area contributed by atoms with Crippen molar-refractivity contribution in [2.24, 2.45) is 11.8 Å². The van der Waals surface area contributed by atoms with Crippen molar-refractivity contribution < 1.29 is 5.11 Å². The van der Waals surface area contributed by atoms with E-state index in [4.69, 9.17) is 5.11 Å². The summed E-state index contributed by atoms with van der Waals surface area (Å²) in [6, 6.07) is 0.688. The minimum atomic E-state index is 0.344. The summed E-state index contributed by atoms with van der Waals surface area (Å²) in [5.74, 6) is 1.56. The lowest BCUT2D eigenvalue weighted by Crippen LogP contribution is -2.32. The van der Waals surface area contributed by atoms with Crippen LogP contribution < -0.4 is 5.32 Å². The third-order valence-corrected chi connectivity index (χ3v) is 3.03. The first-order valence-corrected chi connectivity index (χ1v) is 7.40. The minimum absolute atomic E-state index is 0.344. The lowest BCUT2D eigenvalue weighted by Gasteiger charge is -2.22. The highest BCUT2D eigenvalue weighted by atomic mass is 16.2. The van der Waals surface area contributed by atoms with Crippen LogP contribution in [-0.2, 0) is 0 Å². The Labute approximate surface area is 108 Å². The van der Waals surface area contributed by atoms with Gasteiger partial charge in [-0.05, 0) is 44.1 Å². The normalized spacial score (nSPS) is 12.0. The molecular weight excluding hydrogens is 210 g/mol. The number of nitrogens with one attached hydrogen (secondary N) is 1. The van der Waals surface area contributed by atoms with Gasteiger partial charge < -0.3 is 10.4 Å². The van der Waals surface area contributed by atoms with Gasteiger partial charge in [0, 0.05) is 12.6 Å². The second-order valence-corrected chi connectivity index (χ2v) is 6.05. The third kappa shape index (κ3) is 12.2. The van der Waals surface area contributed by atoms with Crippen LogP contribution in [0.15, 0.2) is 0 Å². The molecule has 0 bridgehead atoms. The largest absolute Gasteiger partial charge is 0.396 e. The number of aliphatic hydroxyl groups excluding tert-OH is 1. The lowest BCUT2D eigenvalue weighted by molar-refractivity contribution is 0.281. The van der Waals surface area contributed by atoms with Gasteiger partial charge in [-0.25, -0.2) is 0 Å². The van der Waals surface area contributed by atoms with Gasteiger partial charge in [0.2, 0.25) is 0 Å². The van der Waals surface area contributed by atoms with E-state index in [1.54, 1.807) is 0 Å². The Morgan fingerprint density at radius 3 is 1.82 bits per heavy atom. The van der Waals surface area contributed by atoms with Crippen molar-refractivity contribution in [2.75, 3.05) is 13.2 Å². The van der Waals surface area contributed by atoms with Crippen LogP contribution in [-0.4, -0.2) is 24.3 Å². The van der Waals surface area contributed by atoms with Crippen molar-refractivity contribution in [3.8, 4) is 0 Å². The van der Waals surface area contributed by atoms with Crippen molar-refractivity contribution in [3.63, 3.8) is 0 Å². The Kier molecular flexibility index (Phi) is 11.0. The molecule has 104 valence electrons. The molecule has 0 saturated carbocycles. The summed E-state index contributed by atoms with van der Waals surface area (Å²) in [5, 5.41) is 12.4. The summed E-state index contributed by atoms with van der Waals surface area (Å²) in [7, 11) is 0. The maximum absolute atomic E-state index is 8.69. The average Bonchev–Trinajstić information content (AvgIpc) is 2.21. The molecule has 0 aliphatic heterocycles. The summed E-state index contributed by atoms with van der Waals surface area (Å²) >= 11 is 0. The molecule has 0 aromatic carbocycles. The number of unbranched alkanes of at least 4 members (excludes halogenated alkanes) is 3. The van der Waals surface area contributed by atoms with Gasteiger partial charge in [0.15, 0.2) is 0 Å². The summed E-state index contributed by atoms with van der Waals surface area (Å²) in [6.45, 7) is 10.7. The predicted molar refractivity (Wildman–Crippen MR) is 76.3 cm³/mol. The van der Waals surface area contributed by atoms with Crippen LogP contribution in [0.4, 0.5) is 0 Å². The standard InChI is InChI=1S/C15H33NO/c1-13(2)11-15(12-14(3)4)16-9-7-5-6-8-10-17/h13-17H,5-12H2,1-4H3. The Balaban J connectivity index is 3.60. The van der Waals surface area contributed by atoms with E-state index in [1.165, 1.54) is 25.7 Å². The van der Waals surface area contributed by atoms with Crippen molar-refractivity contribution in [2.45, 2.75) is 72.3 Å². The molecule has 0 aromatic heterocycles. The molecule has 0 heterocycles. The zero-order valence-electron chi connectivity index (χ0n) is 12.3. The van der Waals surface area contributed by atoms with E-state index in [-0.39, 0.29) is 0 Å². The number of aliphatic hydroxyl groups is 1. The van der Waals surface area contributed by atoms with E-state index in [0.717, 1.165) is 31.2 Å². The smallest absolute Gasteiger partial charge is 0.0431 e. The molecule has 2 nitrogen and oxygen atoms in total. The lowest BCUT2D eigenvalue weighted by atomic mass is 9.95. The Morgan fingerprint density at radius 1 is 0.824 bits per heavy atom. The number of hydrogen-bond donors (Lipinski definition) is 2. The van der Waals surface area contributed by atoms with Gasteiger partial charge in [-0.1, -0.05) is 40.5 Å². The maximum Gasteiger partial charge on any atom is 0.0431 e. The molecule has 0 saturated heterocycles. The summed E-state index contributed by atoms with van der Waals surface area (Å²) in [5.41, 5.74) is 0. The summed E-state index contributed by atoms with van der Waals surface area (Å²) in [4.78, 5) is 0. The monoisotopic (exact) mass is 243 g/mol. The zero-order valence-corrected chi connectivity index (χ0v) is 12.3. The molecule has 0 rings (SSSR count). The van der Waals surface area contributed by atoms with Crippen molar-refractivity contribution in [1.82, 2.24) is 5.32 Å². The molecule has 0 aliphatic carbocycles. The highest BCUT2D eigenvalue weighted by Gasteiger charge is 2.11. The van der Waals surface area contributed by atoms with Crippen LogP contribution in [0.1, 0.15) is 66.2 Å². The highest BCUT2D eigenvalue weighted by Crippen LogP contribution is 2.13. The van der Waals surface area contributed by atoms with Crippen LogP contribution in [0.25, 0.3) is 0 Å². The Hall–Kier alpha value is -0.0800. The van der Waals surface area contributed by atoms with Gasteiger partial charge in [-0.2, -0.15) is 0 Å². The van der Waals surface area contributed by atoms with Gasteiger partial charge >= 0.3 is 0 Å². The number of rotatable bonds is 11. The predicted octanol–water partition coefficient (Wildman–Crippen LogP) is 3.59. The molecule has 0 aliphatic rings. The molecule has 0 aromatic rings. The molecule has 0 radical (unpaired) electrons. The van der Waals surface area contributed by atoms with Crippen molar-refractivity contribution >= 4 is 0 Å². The SMILES string of the molecule is CC(C)CC(CC(C)C)NCCCCCCO. The van der Waals surface area contributed by atoms with Gasteiger partial charge in [0.05, 0.1) is 0 Å². The Morgan fingerprint density at radius 2 is 1.35 bits per heavy atom. The molecule has 2 N–H and O–H groups in total. The first kappa shape index (κ1) is 16.9. The van der Waals surface area contributed by atoms with Gasteiger partial charge in [0.1, 0.15) is 0 Å². The summed E-state index contributed by atoms with van der Waals surface area (Å²) in [6.07, 6.45) is 7.18. The minimum Gasteiger partial charge on any atom is -0.396 e. The zero-order chi connectivity index (χ0) is 13.1.